The van der Waals surface area contributed by atoms with Crippen LogP contribution in [0.5, 0.6) is 0 Å². The molecule has 0 aliphatic carbocycles. The van der Waals surface area contributed by atoms with E-state index >= 15 is 0 Å². The van der Waals surface area contributed by atoms with Crippen molar-refractivity contribution in [3.63, 3.8) is 0 Å². The first-order chi connectivity index (χ1) is 9.63. The van der Waals surface area contributed by atoms with E-state index < -0.39 is 0 Å². The monoisotopic (exact) mass is 286 g/mol. The second-order valence-electron chi connectivity index (χ2n) is 4.32. The number of pyridine rings is 2. The molecule has 0 saturated carbocycles. The molecule has 20 heavy (non-hydrogen) atoms. The highest BCUT2D eigenvalue weighted by atomic mass is 35.5. The summed E-state index contributed by atoms with van der Waals surface area (Å²) in [4.78, 5) is 22.4. The van der Waals surface area contributed by atoms with E-state index in [1.807, 2.05) is 29.8 Å². The van der Waals surface area contributed by atoms with Crippen LogP contribution < -0.4 is 5.56 Å². The van der Waals surface area contributed by atoms with Crippen molar-refractivity contribution in [1.82, 2.24) is 19.5 Å². The second-order valence-corrected chi connectivity index (χ2v) is 4.71. The lowest BCUT2D eigenvalue weighted by molar-refractivity contribution is 0.966. The van der Waals surface area contributed by atoms with E-state index in [1.165, 1.54) is 6.07 Å². The van der Waals surface area contributed by atoms with Crippen molar-refractivity contribution in [1.29, 1.82) is 0 Å². The molecule has 0 saturated heterocycles. The van der Waals surface area contributed by atoms with Crippen molar-refractivity contribution < 1.29 is 0 Å². The molecule has 3 aromatic heterocycles. The Kier molecular flexibility index (Phi) is 3.12. The zero-order valence-corrected chi connectivity index (χ0v) is 11.4. The van der Waals surface area contributed by atoms with Crippen LogP contribution in [-0.4, -0.2) is 19.5 Å². The second kappa shape index (κ2) is 4.94. The maximum atomic E-state index is 11.4. The molecule has 0 spiro atoms. The lowest BCUT2D eigenvalue weighted by atomic mass is 10.2. The summed E-state index contributed by atoms with van der Waals surface area (Å²) in [5.41, 5.74) is 2.29. The van der Waals surface area contributed by atoms with Crippen LogP contribution in [0, 0.1) is 6.92 Å². The number of aromatic nitrogens is 4. The predicted octanol–water partition coefficient (Wildman–Crippen LogP) is 2.58. The summed E-state index contributed by atoms with van der Waals surface area (Å²) >= 11 is 5.89. The van der Waals surface area contributed by atoms with Gasteiger partial charge in [-0.3, -0.25) is 4.79 Å². The van der Waals surface area contributed by atoms with E-state index in [9.17, 15) is 4.79 Å². The van der Waals surface area contributed by atoms with Crippen molar-refractivity contribution in [2.75, 3.05) is 0 Å². The van der Waals surface area contributed by atoms with Gasteiger partial charge >= 0.3 is 0 Å². The van der Waals surface area contributed by atoms with E-state index in [0.717, 1.165) is 22.8 Å². The number of imidazole rings is 1. The van der Waals surface area contributed by atoms with E-state index in [-0.39, 0.29) is 5.56 Å². The number of hydrogen-bond acceptors (Lipinski definition) is 3. The lowest BCUT2D eigenvalue weighted by Crippen LogP contribution is -2.06. The van der Waals surface area contributed by atoms with Crippen molar-refractivity contribution >= 4 is 11.6 Å². The number of nitrogens with zero attached hydrogens (tertiary/aromatic N) is 3. The molecule has 0 aromatic carbocycles. The third-order valence-electron chi connectivity index (χ3n) is 2.94. The molecular weight excluding hydrogens is 276 g/mol. The minimum absolute atomic E-state index is 0.149. The lowest BCUT2D eigenvalue weighted by Gasteiger charge is -2.02. The number of nitrogens with one attached hydrogen (secondary N) is 1. The van der Waals surface area contributed by atoms with Gasteiger partial charge in [0, 0.05) is 30.2 Å². The van der Waals surface area contributed by atoms with Crippen molar-refractivity contribution in [2.45, 2.75) is 6.92 Å². The largest absolute Gasteiger partial charge is 0.329 e. The Hall–Kier alpha value is -2.40. The van der Waals surface area contributed by atoms with Crippen LogP contribution in [0.15, 0.2) is 47.7 Å². The van der Waals surface area contributed by atoms with Crippen LogP contribution in [0.4, 0.5) is 0 Å². The molecule has 1 N–H and O–H groups in total. The molecule has 0 unspecified atom stereocenters. The van der Waals surface area contributed by atoms with Gasteiger partial charge < -0.3 is 9.55 Å². The Morgan fingerprint density at radius 3 is 2.90 bits per heavy atom. The van der Waals surface area contributed by atoms with E-state index in [4.69, 9.17) is 11.6 Å². The Balaban J connectivity index is 2.10. The summed E-state index contributed by atoms with van der Waals surface area (Å²) in [5, 5.41) is 0.422. The summed E-state index contributed by atoms with van der Waals surface area (Å²) < 4.78 is 1.86. The van der Waals surface area contributed by atoms with Gasteiger partial charge in [-0.1, -0.05) is 11.6 Å². The molecule has 0 radical (unpaired) electrons. The van der Waals surface area contributed by atoms with Gasteiger partial charge in [-0.25, -0.2) is 9.97 Å². The number of H-pyrrole nitrogens is 1. The zero-order chi connectivity index (χ0) is 14.1. The van der Waals surface area contributed by atoms with Crippen molar-refractivity contribution in [3.05, 3.63) is 64.2 Å². The van der Waals surface area contributed by atoms with Gasteiger partial charge in [0.2, 0.25) is 5.56 Å². The first-order valence-electron chi connectivity index (χ1n) is 6.00. The maximum Gasteiger partial charge on any atom is 0.250 e. The summed E-state index contributed by atoms with van der Waals surface area (Å²) in [7, 11) is 0. The number of aromatic amines is 1. The molecule has 0 amide bonds. The van der Waals surface area contributed by atoms with E-state index in [2.05, 4.69) is 15.0 Å². The fourth-order valence-electron chi connectivity index (χ4n) is 2.02. The van der Waals surface area contributed by atoms with Crippen LogP contribution in [0.3, 0.4) is 0 Å². The molecular formula is C14H11ClN4O. The number of aryl methyl sites for hydroxylation is 1. The number of hydrogen-bond donors (Lipinski definition) is 1. The van der Waals surface area contributed by atoms with Gasteiger partial charge in [0.25, 0.3) is 0 Å². The summed E-state index contributed by atoms with van der Waals surface area (Å²) in [5.74, 6) is 0.790. The van der Waals surface area contributed by atoms with Crippen LogP contribution in [-0.2, 0) is 0 Å². The van der Waals surface area contributed by atoms with Gasteiger partial charge in [-0.05, 0) is 25.1 Å². The molecule has 0 atom stereocenters. The van der Waals surface area contributed by atoms with Crippen molar-refractivity contribution in [3.8, 4) is 16.9 Å². The van der Waals surface area contributed by atoms with E-state index in [1.54, 1.807) is 18.5 Å². The predicted molar refractivity (Wildman–Crippen MR) is 77.2 cm³/mol. The smallest absolute Gasteiger partial charge is 0.250 e. The summed E-state index contributed by atoms with van der Waals surface area (Å²) in [6, 6.07) is 6.94. The molecule has 0 bridgehead atoms. The normalized spacial score (nSPS) is 10.7. The highest BCUT2D eigenvalue weighted by Gasteiger charge is 2.08. The van der Waals surface area contributed by atoms with Crippen LogP contribution in [0.25, 0.3) is 16.9 Å². The summed E-state index contributed by atoms with van der Waals surface area (Å²) in [6.07, 6.45) is 5.12. The highest BCUT2D eigenvalue weighted by Crippen LogP contribution is 2.22. The quantitative estimate of drug-likeness (QED) is 0.737. The third-order valence-corrected chi connectivity index (χ3v) is 3.15. The first-order valence-corrected chi connectivity index (χ1v) is 6.38. The van der Waals surface area contributed by atoms with Gasteiger partial charge in [-0.2, -0.15) is 0 Å². The molecule has 0 fully saturated rings. The number of rotatable bonds is 2. The van der Waals surface area contributed by atoms with E-state index in [0.29, 0.717) is 5.15 Å². The average molecular weight is 287 g/mol. The Morgan fingerprint density at radius 1 is 1.30 bits per heavy atom. The van der Waals surface area contributed by atoms with Crippen molar-refractivity contribution in [2.24, 2.45) is 0 Å². The van der Waals surface area contributed by atoms with Crippen LogP contribution in [0.2, 0.25) is 5.15 Å². The third kappa shape index (κ3) is 2.35. The summed E-state index contributed by atoms with van der Waals surface area (Å²) in [6.45, 7) is 1.88. The zero-order valence-electron chi connectivity index (χ0n) is 10.7. The fraction of sp³-hybridized carbons (Fsp3) is 0.0714. The van der Waals surface area contributed by atoms with Gasteiger partial charge in [0.05, 0.1) is 11.4 Å². The number of halogens is 1. The molecule has 3 aromatic rings. The van der Waals surface area contributed by atoms with Crippen LogP contribution in [0.1, 0.15) is 5.82 Å². The minimum Gasteiger partial charge on any atom is -0.329 e. The highest BCUT2D eigenvalue weighted by molar-refractivity contribution is 6.29. The SMILES string of the molecule is Cc1nc(-c2ccnc(Cl)c2)cn1-c1cc[nH]c(=O)c1. The average Bonchev–Trinajstić information content (AvgIpc) is 2.81. The van der Waals surface area contributed by atoms with Gasteiger partial charge in [0.1, 0.15) is 11.0 Å². The molecule has 100 valence electrons. The fourth-order valence-corrected chi connectivity index (χ4v) is 2.19. The minimum atomic E-state index is -0.149. The standard InChI is InChI=1S/C14H11ClN4O/c1-9-18-12(10-2-4-16-13(15)6-10)8-19(9)11-3-5-17-14(20)7-11/h2-8H,1H3,(H,17,20). The molecule has 3 rings (SSSR count). The first kappa shape index (κ1) is 12.6. The molecule has 5 nitrogen and oxygen atoms in total. The topological polar surface area (TPSA) is 63.6 Å². The Morgan fingerprint density at radius 2 is 2.15 bits per heavy atom. The van der Waals surface area contributed by atoms with Crippen LogP contribution >= 0.6 is 11.6 Å². The van der Waals surface area contributed by atoms with Gasteiger partial charge in [-0.15, -0.1) is 0 Å². The molecule has 3 heterocycles. The molecule has 6 heteroatoms. The maximum absolute atomic E-state index is 11.4. The Bertz CT molecular complexity index is 822. The molecule has 0 aliphatic rings. The Labute approximate surface area is 119 Å². The molecule has 0 aliphatic heterocycles. The van der Waals surface area contributed by atoms with Gasteiger partial charge in [0.15, 0.2) is 0 Å².